The maximum Gasteiger partial charge on any atom is 0.253 e. The number of benzene rings is 1. The Labute approximate surface area is 137 Å². The van der Waals surface area contributed by atoms with E-state index in [0.717, 1.165) is 22.2 Å². The second kappa shape index (κ2) is 7.62. The van der Waals surface area contributed by atoms with E-state index in [9.17, 15) is 9.90 Å². The Morgan fingerprint density at radius 2 is 2.04 bits per heavy atom. The number of aromatic amines is 1. The predicted molar refractivity (Wildman–Crippen MR) is 91.8 cm³/mol. The summed E-state index contributed by atoms with van der Waals surface area (Å²) in [6.45, 7) is 9.13. The topological polar surface area (TPSA) is 74.4 Å². The first-order chi connectivity index (χ1) is 10.9. The van der Waals surface area contributed by atoms with Crippen LogP contribution in [0, 0.1) is 19.8 Å². The quantitative estimate of drug-likeness (QED) is 0.734. The van der Waals surface area contributed by atoms with E-state index in [-0.39, 0.29) is 19.1 Å². The summed E-state index contributed by atoms with van der Waals surface area (Å²) in [5.41, 5.74) is 3.64. The molecular formula is C18H26N2O3. The van der Waals surface area contributed by atoms with Crippen molar-refractivity contribution in [3.63, 3.8) is 0 Å². The Bertz CT molecular complexity index is 676. The molecule has 1 unspecified atom stereocenters. The second-order valence-corrected chi connectivity index (χ2v) is 6.40. The third-order valence-corrected chi connectivity index (χ3v) is 3.85. The molecule has 1 aromatic heterocycles. The van der Waals surface area contributed by atoms with Gasteiger partial charge in [-0.25, -0.2) is 0 Å². The third kappa shape index (κ3) is 4.33. The highest BCUT2D eigenvalue weighted by molar-refractivity contribution is 6.06. The lowest BCUT2D eigenvalue weighted by atomic mass is 10.1. The zero-order chi connectivity index (χ0) is 17.0. The van der Waals surface area contributed by atoms with Gasteiger partial charge in [0.15, 0.2) is 0 Å². The lowest BCUT2D eigenvalue weighted by Gasteiger charge is -2.13. The highest BCUT2D eigenvalue weighted by atomic mass is 16.5. The van der Waals surface area contributed by atoms with Crippen molar-refractivity contribution in [3.05, 3.63) is 35.0 Å². The molecule has 1 atom stereocenters. The minimum absolute atomic E-state index is 0.173. The highest BCUT2D eigenvalue weighted by Crippen LogP contribution is 2.24. The number of hydrogen-bond donors (Lipinski definition) is 3. The van der Waals surface area contributed by atoms with Gasteiger partial charge in [0.1, 0.15) is 0 Å². The van der Waals surface area contributed by atoms with Crippen molar-refractivity contribution in [2.45, 2.75) is 33.8 Å². The monoisotopic (exact) mass is 318 g/mol. The minimum Gasteiger partial charge on any atom is -0.389 e. The number of aryl methyl sites for hydroxylation is 2. The first kappa shape index (κ1) is 17.5. The highest BCUT2D eigenvalue weighted by Gasteiger charge is 2.15. The lowest BCUT2D eigenvalue weighted by Crippen LogP contribution is -2.35. The van der Waals surface area contributed by atoms with Crippen LogP contribution in [-0.4, -0.2) is 41.9 Å². The zero-order valence-corrected chi connectivity index (χ0v) is 14.3. The molecule has 1 heterocycles. The number of carbonyl (C=O) groups excluding carboxylic acids is 1. The summed E-state index contributed by atoms with van der Waals surface area (Å²) in [6.07, 6.45) is -0.705. The van der Waals surface area contributed by atoms with Gasteiger partial charge in [-0.2, -0.15) is 0 Å². The van der Waals surface area contributed by atoms with Crippen LogP contribution < -0.4 is 5.32 Å². The van der Waals surface area contributed by atoms with Gasteiger partial charge in [0.2, 0.25) is 0 Å². The molecule has 0 radical (unpaired) electrons. The normalized spacial score (nSPS) is 12.8. The number of rotatable bonds is 7. The fourth-order valence-corrected chi connectivity index (χ4v) is 2.48. The fourth-order valence-electron chi connectivity index (χ4n) is 2.48. The molecule has 0 saturated heterocycles. The van der Waals surface area contributed by atoms with E-state index < -0.39 is 6.10 Å². The molecule has 0 aliphatic rings. The number of H-pyrrole nitrogens is 1. The maximum absolute atomic E-state index is 12.4. The molecule has 2 rings (SSSR count). The molecule has 5 heteroatoms. The Morgan fingerprint density at radius 1 is 1.30 bits per heavy atom. The van der Waals surface area contributed by atoms with Crippen molar-refractivity contribution in [1.82, 2.24) is 10.3 Å². The summed E-state index contributed by atoms with van der Waals surface area (Å²) in [7, 11) is 0. The van der Waals surface area contributed by atoms with Gasteiger partial charge < -0.3 is 20.1 Å². The van der Waals surface area contributed by atoms with E-state index in [1.54, 1.807) is 6.07 Å². The van der Waals surface area contributed by atoms with Gasteiger partial charge in [-0.1, -0.05) is 26.0 Å². The lowest BCUT2D eigenvalue weighted by molar-refractivity contribution is 0.0259. The van der Waals surface area contributed by atoms with E-state index in [1.165, 1.54) is 0 Å². The van der Waals surface area contributed by atoms with Crippen LogP contribution in [0.25, 0.3) is 10.9 Å². The fraction of sp³-hybridized carbons (Fsp3) is 0.500. The van der Waals surface area contributed by atoms with Gasteiger partial charge in [0.05, 0.1) is 23.8 Å². The second-order valence-electron chi connectivity index (χ2n) is 6.40. The summed E-state index contributed by atoms with van der Waals surface area (Å²) in [4.78, 5) is 15.6. The molecule has 3 N–H and O–H groups in total. The summed E-state index contributed by atoms with van der Waals surface area (Å²) < 4.78 is 5.38. The standard InChI is InChI=1S/C18H26N2O3/c1-11(2)9-23-10-14(21)8-19-18(22)16-7-5-6-15-12(3)13(4)20-17(15)16/h5-7,11,14,20-21H,8-10H2,1-4H3,(H,19,22). The van der Waals surface area contributed by atoms with Gasteiger partial charge in [-0.05, 0) is 31.4 Å². The smallest absolute Gasteiger partial charge is 0.253 e. The molecular weight excluding hydrogens is 292 g/mol. The number of aliphatic hydroxyl groups excluding tert-OH is 1. The van der Waals surface area contributed by atoms with Gasteiger partial charge in [-0.15, -0.1) is 0 Å². The van der Waals surface area contributed by atoms with E-state index >= 15 is 0 Å². The van der Waals surface area contributed by atoms with Gasteiger partial charge in [0, 0.05) is 24.2 Å². The first-order valence-electron chi connectivity index (χ1n) is 8.02. The van der Waals surface area contributed by atoms with Crippen LogP contribution in [0.5, 0.6) is 0 Å². The van der Waals surface area contributed by atoms with Gasteiger partial charge in [-0.3, -0.25) is 4.79 Å². The van der Waals surface area contributed by atoms with Crippen LogP contribution in [0.3, 0.4) is 0 Å². The molecule has 0 bridgehead atoms. The van der Waals surface area contributed by atoms with Crippen molar-refractivity contribution in [2.75, 3.05) is 19.8 Å². The summed E-state index contributed by atoms with van der Waals surface area (Å²) in [6, 6.07) is 5.66. The number of hydrogen-bond acceptors (Lipinski definition) is 3. The van der Waals surface area contributed by atoms with E-state index in [0.29, 0.717) is 18.1 Å². The third-order valence-electron chi connectivity index (χ3n) is 3.85. The molecule has 5 nitrogen and oxygen atoms in total. The molecule has 0 spiro atoms. The Morgan fingerprint density at radius 3 is 2.74 bits per heavy atom. The first-order valence-corrected chi connectivity index (χ1v) is 8.02. The van der Waals surface area contributed by atoms with Crippen LogP contribution in [0.2, 0.25) is 0 Å². The molecule has 0 saturated carbocycles. The molecule has 23 heavy (non-hydrogen) atoms. The van der Waals surface area contributed by atoms with Crippen LogP contribution in [0.4, 0.5) is 0 Å². The van der Waals surface area contributed by atoms with Crippen molar-refractivity contribution in [1.29, 1.82) is 0 Å². The van der Waals surface area contributed by atoms with Crippen molar-refractivity contribution >= 4 is 16.8 Å². The average Bonchev–Trinajstić information content (AvgIpc) is 2.79. The molecule has 1 amide bonds. The number of aromatic nitrogens is 1. The Kier molecular flexibility index (Phi) is 5.80. The summed E-state index contributed by atoms with van der Waals surface area (Å²) in [5.74, 6) is 0.230. The summed E-state index contributed by atoms with van der Waals surface area (Å²) >= 11 is 0. The van der Waals surface area contributed by atoms with E-state index in [2.05, 4.69) is 24.1 Å². The zero-order valence-electron chi connectivity index (χ0n) is 14.3. The Hall–Kier alpha value is -1.85. The SMILES string of the molecule is Cc1[nH]c2c(C(=O)NCC(O)COCC(C)C)cccc2c1C. The average molecular weight is 318 g/mol. The number of para-hydroxylation sites is 1. The number of amides is 1. The molecule has 2 aromatic rings. The molecule has 1 aromatic carbocycles. The van der Waals surface area contributed by atoms with Crippen molar-refractivity contribution in [3.8, 4) is 0 Å². The number of fused-ring (bicyclic) bond motifs is 1. The predicted octanol–water partition coefficient (Wildman–Crippen LogP) is 2.55. The van der Waals surface area contributed by atoms with Crippen LogP contribution in [0.1, 0.15) is 35.5 Å². The summed E-state index contributed by atoms with van der Waals surface area (Å²) in [5, 5.41) is 13.7. The van der Waals surface area contributed by atoms with Crippen molar-refractivity contribution in [2.24, 2.45) is 5.92 Å². The van der Waals surface area contributed by atoms with E-state index in [1.807, 2.05) is 26.0 Å². The van der Waals surface area contributed by atoms with Crippen molar-refractivity contribution < 1.29 is 14.6 Å². The molecule has 0 fully saturated rings. The largest absolute Gasteiger partial charge is 0.389 e. The van der Waals surface area contributed by atoms with Crippen LogP contribution >= 0.6 is 0 Å². The number of carbonyl (C=O) groups is 1. The van der Waals surface area contributed by atoms with E-state index in [4.69, 9.17) is 4.74 Å². The number of nitrogens with one attached hydrogen (secondary N) is 2. The molecule has 0 aliphatic heterocycles. The van der Waals surface area contributed by atoms with Crippen LogP contribution in [-0.2, 0) is 4.74 Å². The van der Waals surface area contributed by atoms with Gasteiger partial charge >= 0.3 is 0 Å². The van der Waals surface area contributed by atoms with Crippen LogP contribution in [0.15, 0.2) is 18.2 Å². The Balaban J connectivity index is 1.97. The minimum atomic E-state index is -0.705. The maximum atomic E-state index is 12.4. The number of ether oxygens (including phenoxy) is 1. The molecule has 126 valence electrons. The van der Waals surface area contributed by atoms with Gasteiger partial charge in [0.25, 0.3) is 5.91 Å². The number of aliphatic hydroxyl groups is 1. The molecule has 0 aliphatic carbocycles.